The van der Waals surface area contributed by atoms with Crippen molar-refractivity contribution in [2.24, 2.45) is 0 Å². The van der Waals surface area contributed by atoms with Gasteiger partial charge in [0.05, 0.1) is 5.54 Å². The molecule has 0 saturated carbocycles. The Morgan fingerprint density at radius 3 is 2.00 bits per heavy atom. The molecule has 3 aromatic carbocycles. The molecule has 0 aliphatic carbocycles. The highest BCUT2D eigenvalue weighted by molar-refractivity contribution is 5.90. The molecule has 3 nitrogen and oxygen atoms in total. The van der Waals surface area contributed by atoms with Gasteiger partial charge in [-0.2, -0.15) is 0 Å². The van der Waals surface area contributed by atoms with Crippen LogP contribution in [0.25, 0.3) is 0 Å². The number of hydrogen-bond acceptors (Lipinski definition) is 1. The molecule has 2 amide bonds. The zero-order chi connectivity index (χ0) is 19.1. The second-order valence-electron chi connectivity index (χ2n) is 6.59. The lowest BCUT2D eigenvalue weighted by atomic mass is 9.89. The van der Waals surface area contributed by atoms with Crippen LogP contribution in [0, 0.1) is 0 Å². The fraction of sp³-hybridized carbons (Fsp3) is 0.125. The van der Waals surface area contributed by atoms with E-state index in [-0.39, 0.29) is 6.03 Å². The molecule has 27 heavy (non-hydrogen) atoms. The standard InChI is InChI=1S/C24H24N2O/c1-3-24(2,21-15-9-5-10-16-21)26(19-20-13-7-4-8-14-20)23(27)25-22-17-11-6-12-18-22/h3-18H,1,19H2,2H3,(H,25,27)/t24-/m0/s1. The first-order valence-corrected chi connectivity index (χ1v) is 9.00. The van der Waals surface area contributed by atoms with Crippen molar-refractivity contribution >= 4 is 11.7 Å². The largest absolute Gasteiger partial charge is 0.323 e. The first-order chi connectivity index (χ1) is 13.1. The second kappa shape index (κ2) is 8.37. The summed E-state index contributed by atoms with van der Waals surface area (Å²) in [7, 11) is 0. The number of anilines is 1. The van der Waals surface area contributed by atoms with Gasteiger partial charge < -0.3 is 10.2 Å². The predicted octanol–water partition coefficient (Wildman–Crippen LogP) is 5.82. The van der Waals surface area contributed by atoms with Crippen LogP contribution in [0.3, 0.4) is 0 Å². The summed E-state index contributed by atoms with van der Waals surface area (Å²) in [6.45, 7) is 6.53. The topological polar surface area (TPSA) is 32.3 Å². The predicted molar refractivity (Wildman–Crippen MR) is 111 cm³/mol. The molecule has 0 aliphatic heterocycles. The maximum absolute atomic E-state index is 13.3. The molecule has 0 fully saturated rings. The van der Waals surface area contributed by atoms with E-state index >= 15 is 0 Å². The Hall–Kier alpha value is -3.33. The van der Waals surface area contributed by atoms with Gasteiger partial charge in [0.25, 0.3) is 0 Å². The molecule has 0 saturated heterocycles. The Bertz CT molecular complexity index is 878. The summed E-state index contributed by atoms with van der Waals surface area (Å²) >= 11 is 0. The van der Waals surface area contributed by atoms with Crippen LogP contribution >= 0.6 is 0 Å². The molecule has 0 aromatic heterocycles. The quantitative estimate of drug-likeness (QED) is 0.554. The number of benzene rings is 3. The Morgan fingerprint density at radius 1 is 0.926 bits per heavy atom. The average molecular weight is 356 g/mol. The van der Waals surface area contributed by atoms with Gasteiger partial charge in [-0.05, 0) is 30.2 Å². The number of amides is 2. The van der Waals surface area contributed by atoms with Crippen molar-refractivity contribution in [1.82, 2.24) is 4.90 Å². The van der Waals surface area contributed by atoms with E-state index in [0.29, 0.717) is 6.54 Å². The minimum Gasteiger partial charge on any atom is -0.308 e. The maximum Gasteiger partial charge on any atom is 0.323 e. The highest BCUT2D eigenvalue weighted by atomic mass is 16.2. The van der Waals surface area contributed by atoms with Crippen molar-refractivity contribution in [2.75, 3.05) is 5.32 Å². The van der Waals surface area contributed by atoms with Crippen LogP contribution in [-0.4, -0.2) is 10.9 Å². The van der Waals surface area contributed by atoms with Gasteiger partial charge in [-0.1, -0.05) is 84.9 Å². The van der Waals surface area contributed by atoms with Crippen LogP contribution in [0.2, 0.25) is 0 Å². The minimum atomic E-state index is -0.657. The van der Waals surface area contributed by atoms with E-state index in [1.807, 2.05) is 109 Å². The summed E-state index contributed by atoms with van der Waals surface area (Å²) in [5.41, 5.74) is 2.18. The molecular weight excluding hydrogens is 332 g/mol. The van der Waals surface area contributed by atoms with E-state index in [2.05, 4.69) is 11.9 Å². The van der Waals surface area contributed by atoms with Crippen molar-refractivity contribution in [3.05, 3.63) is 115 Å². The van der Waals surface area contributed by atoms with Crippen molar-refractivity contribution in [3.8, 4) is 0 Å². The van der Waals surface area contributed by atoms with E-state index < -0.39 is 5.54 Å². The van der Waals surface area contributed by atoms with Gasteiger partial charge in [-0.15, -0.1) is 6.58 Å². The number of urea groups is 1. The normalized spacial score (nSPS) is 12.6. The summed E-state index contributed by atoms with van der Waals surface area (Å²) in [4.78, 5) is 15.1. The molecule has 0 radical (unpaired) electrons. The van der Waals surface area contributed by atoms with Crippen LogP contribution in [0.1, 0.15) is 18.1 Å². The van der Waals surface area contributed by atoms with E-state index in [4.69, 9.17) is 0 Å². The lowest BCUT2D eigenvalue weighted by Gasteiger charge is -2.39. The van der Waals surface area contributed by atoms with Crippen molar-refractivity contribution in [1.29, 1.82) is 0 Å². The van der Waals surface area contributed by atoms with Gasteiger partial charge in [0, 0.05) is 12.2 Å². The van der Waals surface area contributed by atoms with Crippen molar-refractivity contribution < 1.29 is 4.79 Å². The maximum atomic E-state index is 13.3. The van der Waals surface area contributed by atoms with E-state index in [0.717, 1.165) is 16.8 Å². The van der Waals surface area contributed by atoms with E-state index in [9.17, 15) is 4.79 Å². The van der Waals surface area contributed by atoms with Gasteiger partial charge >= 0.3 is 6.03 Å². The molecule has 136 valence electrons. The highest BCUT2D eigenvalue weighted by Gasteiger charge is 2.34. The molecule has 0 spiro atoms. The molecule has 0 unspecified atom stereocenters. The molecule has 3 aromatic rings. The van der Waals surface area contributed by atoms with Gasteiger partial charge in [0.1, 0.15) is 0 Å². The molecule has 0 bridgehead atoms. The number of carbonyl (C=O) groups is 1. The molecular formula is C24H24N2O. The Kier molecular flexibility index (Phi) is 5.72. The van der Waals surface area contributed by atoms with Crippen molar-refractivity contribution in [3.63, 3.8) is 0 Å². The zero-order valence-electron chi connectivity index (χ0n) is 15.5. The number of nitrogens with zero attached hydrogens (tertiary/aromatic N) is 1. The smallest absolute Gasteiger partial charge is 0.308 e. The number of carbonyl (C=O) groups excluding carboxylic acids is 1. The minimum absolute atomic E-state index is 0.170. The molecule has 1 N–H and O–H groups in total. The third-order valence-corrected chi connectivity index (χ3v) is 4.77. The van der Waals surface area contributed by atoms with Gasteiger partial charge in [0.15, 0.2) is 0 Å². The lowest BCUT2D eigenvalue weighted by Crippen LogP contribution is -2.47. The van der Waals surface area contributed by atoms with Gasteiger partial charge in [-0.25, -0.2) is 4.79 Å². The SMILES string of the molecule is C=C[C@@](C)(c1ccccc1)N(Cc1ccccc1)C(=O)Nc1ccccc1. The second-order valence-corrected chi connectivity index (χ2v) is 6.59. The lowest BCUT2D eigenvalue weighted by molar-refractivity contribution is 0.157. The van der Waals surface area contributed by atoms with Crippen LogP contribution in [0.15, 0.2) is 104 Å². The third-order valence-electron chi connectivity index (χ3n) is 4.77. The first-order valence-electron chi connectivity index (χ1n) is 9.00. The molecule has 0 heterocycles. The number of para-hydroxylation sites is 1. The third kappa shape index (κ3) is 4.26. The van der Waals surface area contributed by atoms with Gasteiger partial charge in [0.2, 0.25) is 0 Å². The van der Waals surface area contributed by atoms with Crippen LogP contribution in [0.4, 0.5) is 10.5 Å². The first kappa shape index (κ1) is 18.5. The summed E-state index contributed by atoms with van der Waals surface area (Å²) in [5, 5.41) is 3.01. The highest BCUT2D eigenvalue weighted by Crippen LogP contribution is 2.31. The fourth-order valence-electron chi connectivity index (χ4n) is 3.08. The molecule has 1 atom stereocenters. The van der Waals surface area contributed by atoms with E-state index in [1.54, 1.807) is 0 Å². The number of nitrogens with one attached hydrogen (secondary N) is 1. The summed E-state index contributed by atoms with van der Waals surface area (Å²) in [5.74, 6) is 0. The summed E-state index contributed by atoms with van der Waals surface area (Å²) < 4.78 is 0. The van der Waals surface area contributed by atoms with Gasteiger partial charge in [-0.3, -0.25) is 0 Å². The molecule has 3 rings (SSSR count). The zero-order valence-corrected chi connectivity index (χ0v) is 15.5. The number of hydrogen-bond donors (Lipinski definition) is 1. The molecule has 0 aliphatic rings. The van der Waals surface area contributed by atoms with Crippen LogP contribution in [0.5, 0.6) is 0 Å². The fourth-order valence-corrected chi connectivity index (χ4v) is 3.08. The Morgan fingerprint density at radius 2 is 1.44 bits per heavy atom. The monoisotopic (exact) mass is 356 g/mol. The number of rotatable bonds is 6. The summed E-state index contributed by atoms with van der Waals surface area (Å²) in [6, 6.07) is 29.3. The van der Waals surface area contributed by atoms with E-state index in [1.165, 1.54) is 0 Å². The van der Waals surface area contributed by atoms with Crippen molar-refractivity contribution in [2.45, 2.75) is 19.0 Å². The van der Waals surface area contributed by atoms with Crippen LogP contribution < -0.4 is 5.32 Å². The van der Waals surface area contributed by atoms with Crippen LogP contribution in [-0.2, 0) is 12.1 Å². The molecule has 3 heteroatoms. The Balaban J connectivity index is 1.98. The summed E-state index contributed by atoms with van der Waals surface area (Å²) in [6.07, 6.45) is 1.83. The average Bonchev–Trinajstić information content (AvgIpc) is 2.73. The Labute approximate surface area is 161 Å².